The Hall–Kier alpha value is -2.26. The third-order valence-corrected chi connectivity index (χ3v) is 6.94. The lowest BCUT2D eigenvalue weighted by Crippen LogP contribution is -2.26. The van der Waals surface area contributed by atoms with Crippen molar-refractivity contribution in [1.29, 1.82) is 0 Å². The van der Waals surface area contributed by atoms with Crippen molar-refractivity contribution in [3.05, 3.63) is 11.0 Å². The Balaban J connectivity index is 1.62. The van der Waals surface area contributed by atoms with Crippen LogP contribution < -0.4 is 5.73 Å². The Labute approximate surface area is 225 Å². The Morgan fingerprint density at radius 1 is 1.13 bits per heavy atom. The molecule has 0 radical (unpaired) electrons. The van der Waals surface area contributed by atoms with Gasteiger partial charge in [-0.25, -0.2) is 9.97 Å². The fraction of sp³-hybridized carbons (Fsp3) is 0.682. The highest BCUT2D eigenvalue weighted by Crippen LogP contribution is 2.58. The van der Waals surface area contributed by atoms with Crippen LogP contribution in [0.25, 0.3) is 11.2 Å². The molecular weight excluding hydrogens is 541 g/mol. The van der Waals surface area contributed by atoms with Crippen LogP contribution in [0.15, 0.2) is 6.33 Å². The van der Waals surface area contributed by atoms with Gasteiger partial charge in [0.2, 0.25) is 13.6 Å². The molecule has 14 nitrogen and oxygen atoms in total. The maximum atomic E-state index is 12.0. The molecule has 4 N–H and O–H groups in total. The van der Waals surface area contributed by atoms with Crippen LogP contribution in [0.3, 0.4) is 0 Å². The minimum Gasteiger partial charge on any atom is -0.433 e. The zero-order chi connectivity index (χ0) is 28.3. The van der Waals surface area contributed by atoms with Gasteiger partial charge in [-0.3, -0.25) is 14.2 Å². The van der Waals surface area contributed by atoms with E-state index in [-0.39, 0.29) is 17.2 Å². The van der Waals surface area contributed by atoms with Crippen molar-refractivity contribution in [1.82, 2.24) is 19.5 Å². The highest BCUT2D eigenvalue weighted by Gasteiger charge is 2.48. The van der Waals surface area contributed by atoms with E-state index in [0.29, 0.717) is 24.0 Å². The SMILES string of the molecule is CC(C)(C)C(=O)OCO[P+](O)(OCOC(=O)C(C)(C)C)OCC1CCC(n2cnc3c(=S)nc(N)[nH]c32)O1. The van der Waals surface area contributed by atoms with Gasteiger partial charge in [0.1, 0.15) is 24.0 Å². The first-order valence-electron chi connectivity index (χ1n) is 11.9. The summed E-state index contributed by atoms with van der Waals surface area (Å²) in [4.78, 5) is 46.2. The van der Waals surface area contributed by atoms with Crippen LogP contribution in [0.1, 0.15) is 60.6 Å². The number of imidazole rings is 1. The predicted octanol–water partition coefficient (Wildman–Crippen LogP) is 3.56. The lowest BCUT2D eigenvalue weighted by Gasteiger charge is -2.20. The van der Waals surface area contributed by atoms with E-state index in [2.05, 4.69) is 15.0 Å². The van der Waals surface area contributed by atoms with Crippen LogP contribution in [-0.2, 0) is 37.4 Å². The van der Waals surface area contributed by atoms with Gasteiger partial charge in [0.05, 0.1) is 23.3 Å². The Bertz CT molecular complexity index is 1170. The molecule has 3 rings (SSSR count). The van der Waals surface area contributed by atoms with Crippen molar-refractivity contribution in [3.8, 4) is 0 Å². The van der Waals surface area contributed by atoms with Crippen molar-refractivity contribution in [2.75, 3.05) is 25.9 Å². The summed E-state index contributed by atoms with van der Waals surface area (Å²) in [5.74, 6) is -0.939. The number of esters is 2. The number of nitrogens with two attached hydrogens (primary N) is 1. The number of ether oxygens (including phenoxy) is 3. The van der Waals surface area contributed by atoms with Crippen molar-refractivity contribution in [2.45, 2.75) is 66.7 Å². The fourth-order valence-corrected chi connectivity index (χ4v) is 4.40. The summed E-state index contributed by atoms with van der Waals surface area (Å²) in [5, 5.41) is 0. The molecule has 0 bridgehead atoms. The summed E-state index contributed by atoms with van der Waals surface area (Å²) in [6.45, 7) is 8.66. The maximum absolute atomic E-state index is 12.0. The average Bonchev–Trinajstić information content (AvgIpc) is 3.43. The molecule has 16 heteroatoms. The summed E-state index contributed by atoms with van der Waals surface area (Å²) < 4.78 is 34.4. The molecule has 0 amide bonds. The number of H-pyrrole nitrogens is 1. The zero-order valence-corrected chi connectivity index (χ0v) is 24.0. The van der Waals surface area contributed by atoms with E-state index in [9.17, 15) is 14.5 Å². The number of nitrogen functional groups attached to an aromatic ring is 1. The molecule has 3 heterocycles. The summed E-state index contributed by atoms with van der Waals surface area (Å²) in [6, 6.07) is 0. The second-order valence-corrected chi connectivity index (χ2v) is 12.8. The normalized spacial score (nSPS) is 18.6. The Morgan fingerprint density at radius 2 is 1.71 bits per heavy atom. The molecule has 1 aliphatic heterocycles. The quantitative estimate of drug-likeness (QED) is 0.162. The minimum absolute atomic E-state index is 0.118. The van der Waals surface area contributed by atoms with Crippen LogP contribution in [-0.4, -0.2) is 62.6 Å². The number of rotatable bonds is 10. The van der Waals surface area contributed by atoms with Crippen LogP contribution in [0.2, 0.25) is 0 Å². The van der Waals surface area contributed by atoms with E-state index >= 15 is 0 Å². The van der Waals surface area contributed by atoms with E-state index in [1.807, 2.05) is 0 Å². The standard InChI is InChI=1S/C22H34N5O9PS/c1-21(2,3)18(28)31-11-34-37(30,35-12-32-19(29)22(4,5)6)33-9-13-7-8-14(36-13)27-10-24-15-16(27)25-20(23)26-17(15)38/h10,13-14,30H,7-9,11-12H2,1-6H3,(H2-,23,25,26,38)/p+1. The van der Waals surface area contributed by atoms with Crippen LogP contribution in [0.5, 0.6) is 0 Å². The number of hydrogen-bond donors (Lipinski definition) is 3. The number of carbonyl (C=O) groups is 2. The van der Waals surface area contributed by atoms with Crippen molar-refractivity contribution < 1.29 is 42.3 Å². The largest absolute Gasteiger partial charge is 0.579 e. The molecule has 0 saturated carbocycles. The van der Waals surface area contributed by atoms with E-state index in [1.165, 1.54) is 0 Å². The van der Waals surface area contributed by atoms with Gasteiger partial charge in [0.15, 0.2) is 10.6 Å². The van der Waals surface area contributed by atoms with Crippen molar-refractivity contribution >= 4 is 49.4 Å². The van der Waals surface area contributed by atoms with E-state index in [0.717, 1.165) is 0 Å². The second-order valence-electron chi connectivity index (χ2n) is 10.7. The van der Waals surface area contributed by atoms with E-state index in [1.54, 1.807) is 52.4 Å². The average molecular weight is 577 g/mol. The molecule has 0 spiro atoms. The molecule has 1 saturated heterocycles. The van der Waals surface area contributed by atoms with Crippen LogP contribution in [0.4, 0.5) is 5.95 Å². The first-order chi connectivity index (χ1) is 17.6. The zero-order valence-electron chi connectivity index (χ0n) is 22.3. The first-order valence-corrected chi connectivity index (χ1v) is 13.8. The first kappa shape index (κ1) is 30.3. The third kappa shape index (κ3) is 7.88. The molecule has 2 unspecified atom stereocenters. The molecule has 1 fully saturated rings. The molecule has 1 aliphatic rings. The molecule has 0 aromatic carbocycles. The van der Waals surface area contributed by atoms with Gasteiger partial charge in [-0.2, -0.15) is 9.42 Å². The summed E-state index contributed by atoms with van der Waals surface area (Å²) >= 11 is 5.21. The monoisotopic (exact) mass is 576 g/mol. The number of anilines is 1. The molecule has 2 atom stereocenters. The second kappa shape index (κ2) is 11.9. The van der Waals surface area contributed by atoms with Crippen LogP contribution in [0, 0.1) is 15.5 Å². The molecule has 212 valence electrons. The minimum atomic E-state index is -4.07. The lowest BCUT2D eigenvalue weighted by atomic mass is 9.98. The number of carbonyl (C=O) groups excluding carboxylic acids is 2. The smallest absolute Gasteiger partial charge is 0.433 e. The van der Waals surface area contributed by atoms with Gasteiger partial charge in [-0.05, 0) is 54.4 Å². The highest BCUT2D eigenvalue weighted by atomic mass is 32.1. The van der Waals surface area contributed by atoms with E-state index in [4.69, 9.17) is 45.7 Å². The summed E-state index contributed by atoms with van der Waals surface area (Å²) in [7, 11) is -4.07. The predicted molar refractivity (Wildman–Crippen MR) is 138 cm³/mol. The summed E-state index contributed by atoms with van der Waals surface area (Å²) in [6.07, 6.45) is 1.90. The number of aromatic nitrogens is 4. The molecule has 38 heavy (non-hydrogen) atoms. The third-order valence-electron chi connectivity index (χ3n) is 5.32. The Morgan fingerprint density at radius 3 is 2.26 bits per heavy atom. The van der Waals surface area contributed by atoms with Gasteiger partial charge >= 0.3 is 20.1 Å². The molecule has 0 aliphatic carbocycles. The fourth-order valence-electron chi connectivity index (χ4n) is 3.20. The lowest BCUT2D eigenvalue weighted by molar-refractivity contribution is -0.165. The molecule has 2 aromatic heterocycles. The van der Waals surface area contributed by atoms with E-state index < -0.39 is 56.9 Å². The van der Waals surface area contributed by atoms with Gasteiger partial charge in [0.25, 0.3) is 0 Å². The summed E-state index contributed by atoms with van der Waals surface area (Å²) in [5.41, 5.74) is 5.30. The number of hydrogen-bond acceptors (Lipinski definition) is 13. The van der Waals surface area contributed by atoms with Gasteiger partial charge in [0, 0.05) is 0 Å². The van der Waals surface area contributed by atoms with Crippen molar-refractivity contribution in [2.24, 2.45) is 10.8 Å². The number of nitrogens with zero attached hydrogens (tertiary/aromatic N) is 3. The molecule has 2 aromatic rings. The van der Waals surface area contributed by atoms with Crippen LogP contribution >= 0.6 is 20.4 Å². The number of aromatic amines is 1. The van der Waals surface area contributed by atoms with Gasteiger partial charge < -0.3 is 24.9 Å². The highest BCUT2D eigenvalue weighted by molar-refractivity contribution is 7.71. The van der Waals surface area contributed by atoms with Gasteiger partial charge in [-0.1, -0.05) is 12.2 Å². The Kier molecular flexibility index (Phi) is 9.45. The molecular formula is C22H35N5O9PS+. The van der Waals surface area contributed by atoms with Gasteiger partial charge in [-0.15, -0.1) is 9.05 Å². The number of fused-ring (bicyclic) bond motifs is 1. The number of nitrogens with one attached hydrogen (secondary N) is 1. The topological polar surface area (TPSA) is 182 Å². The van der Waals surface area contributed by atoms with Crippen molar-refractivity contribution in [3.63, 3.8) is 0 Å². The maximum Gasteiger partial charge on any atom is 0.579 e.